The summed E-state index contributed by atoms with van der Waals surface area (Å²) >= 11 is 0. The van der Waals surface area contributed by atoms with Crippen LogP contribution in [0.2, 0.25) is 0 Å². The fraction of sp³-hybridized carbons (Fsp3) is 0.321. The zero-order valence-corrected chi connectivity index (χ0v) is 20.7. The lowest BCUT2D eigenvalue weighted by Gasteiger charge is -2.26. The number of amides is 1. The van der Waals surface area contributed by atoms with Gasteiger partial charge in [0.1, 0.15) is 11.5 Å². The van der Waals surface area contributed by atoms with E-state index in [0.717, 1.165) is 29.7 Å². The average Bonchev–Trinajstić information content (AvgIpc) is 2.98. The lowest BCUT2D eigenvalue weighted by atomic mass is 9.88. The molecule has 1 fully saturated rings. The second kappa shape index (κ2) is 10.5. The topological polar surface area (TPSA) is 58.1 Å². The Kier molecular flexibility index (Phi) is 7.27. The Morgan fingerprint density at radius 3 is 2.35 bits per heavy atom. The minimum atomic E-state index is -5.15. The predicted octanol–water partition coefficient (Wildman–Crippen LogP) is 5.45. The number of rotatable bonds is 3. The number of alkyl halides is 6. The first-order valence-electron chi connectivity index (χ1n) is 12.3. The molecule has 2 aliphatic heterocycles. The smallest absolute Gasteiger partial charge is 0.315 e. The molecule has 1 N–H and O–H groups in total. The van der Waals surface area contributed by atoms with E-state index >= 15 is 0 Å². The van der Waals surface area contributed by atoms with E-state index in [0.29, 0.717) is 23.4 Å². The molecule has 1 aromatic heterocycles. The maximum atomic E-state index is 14.0. The van der Waals surface area contributed by atoms with Gasteiger partial charge in [-0.25, -0.2) is 4.39 Å². The average molecular weight is 562 g/mol. The molecule has 1 unspecified atom stereocenters. The van der Waals surface area contributed by atoms with Crippen molar-refractivity contribution in [2.24, 2.45) is 0 Å². The standard InChI is InChI=1S/C28H21F7N4O/c29-19-5-10-25-16(12-19)3-7-22(21-8-4-18(27(30,31)32)13-23(21)28(33,34)35)26(40)39(25)11-1-2-20-6-9-24(38-37-20)17-14-36-15-17/h4-6,8-10,12-13,17,22,36H,3,7,11,14-15H2. The van der Waals surface area contributed by atoms with Crippen LogP contribution < -0.4 is 10.2 Å². The number of nitrogens with one attached hydrogen (secondary N) is 1. The molecule has 2 aromatic carbocycles. The number of halogens is 7. The number of aromatic nitrogens is 2. The van der Waals surface area contributed by atoms with Crippen molar-refractivity contribution in [2.45, 2.75) is 37.0 Å². The summed E-state index contributed by atoms with van der Waals surface area (Å²) in [5.41, 5.74) is -1.83. The summed E-state index contributed by atoms with van der Waals surface area (Å²) in [5, 5.41) is 11.3. The molecule has 208 valence electrons. The Morgan fingerprint density at radius 2 is 1.73 bits per heavy atom. The normalized spacial score (nSPS) is 17.9. The summed E-state index contributed by atoms with van der Waals surface area (Å²) in [7, 11) is 0. The van der Waals surface area contributed by atoms with Gasteiger partial charge in [-0.1, -0.05) is 12.0 Å². The summed E-state index contributed by atoms with van der Waals surface area (Å²) in [6, 6.07) is 8.34. The van der Waals surface area contributed by atoms with Crippen LogP contribution >= 0.6 is 0 Å². The first-order chi connectivity index (χ1) is 18.9. The van der Waals surface area contributed by atoms with E-state index in [9.17, 15) is 35.5 Å². The van der Waals surface area contributed by atoms with Gasteiger partial charge in [-0.3, -0.25) is 9.69 Å². The van der Waals surface area contributed by atoms with Crippen molar-refractivity contribution in [3.63, 3.8) is 0 Å². The molecular formula is C28H21F7N4O. The molecule has 3 aromatic rings. The molecule has 0 radical (unpaired) electrons. The molecule has 1 saturated heterocycles. The fourth-order valence-electron chi connectivity index (χ4n) is 4.82. The van der Waals surface area contributed by atoms with Crippen LogP contribution in [-0.4, -0.2) is 35.7 Å². The third-order valence-electron chi connectivity index (χ3n) is 7.00. The number of anilines is 1. The fourth-order valence-corrected chi connectivity index (χ4v) is 4.82. The number of benzene rings is 2. The first kappa shape index (κ1) is 27.6. The quantitative estimate of drug-likeness (QED) is 0.341. The van der Waals surface area contributed by atoms with E-state index in [-0.39, 0.29) is 37.1 Å². The van der Waals surface area contributed by atoms with Crippen molar-refractivity contribution >= 4 is 11.6 Å². The van der Waals surface area contributed by atoms with E-state index in [4.69, 9.17) is 0 Å². The Balaban J connectivity index is 1.49. The summed E-state index contributed by atoms with van der Waals surface area (Å²) < 4.78 is 95.4. The molecule has 0 saturated carbocycles. The van der Waals surface area contributed by atoms with Crippen LogP contribution in [0.1, 0.15) is 51.9 Å². The monoisotopic (exact) mass is 562 g/mol. The maximum Gasteiger partial charge on any atom is 0.416 e. The van der Waals surface area contributed by atoms with E-state index < -0.39 is 46.7 Å². The Bertz CT molecular complexity index is 1490. The van der Waals surface area contributed by atoms with Crippen LogP contribution in [0.25, 0.3) is 0 Å². The highest BCUT2D eigenvalue weighted by Gasteiger charge is 2.42. The SMILES string of the molecule is O=C1C(c2ccc(C(F)(F)F)cc2C(F)(F)F)CCc2cc(F)ccc2N1CC#Cc1ccc(C2CNC2)nn1. The van der Waals surface area contributed by atoms with Gasteiger partial charge in [0.15, 0.2) is 0 Å². The highest BCUT2D eigenvalue weighted by molar-refractivity contribution is 6.00. The van der Waals surface area contributed by atoms with Crippen molar-refractivity contribution < 1.29 is 35.5 Å². The van der Waals surface area contributed by atoms with Crippen molar-refractivity contribution in [3.8, 4) is 11.8 Å². The minimum absolute atomic E-state index is 0.0203. The Morgan fingerprint density at radius 1 is 0.950 bits per heavy atom. The molecule has 0 aliphatic carbocycles. The van der Waals surface area contributed by atoms with Crippen molar-refractivity contribution in [2.75, 3.05) is 24.5 Å². The maximum absolute atomic E-state index is 14.0. The number of nitrogens with zero attached hydrogens (tertiary/aromatic N) is 3. The molecule has 0 spiro atoms. The molecule has 12 heteroatoms. The van der Waals surface area contributed by atoms with E-state index in [1.54, 1.807) is 12.1 Å². The van der Waals surface area contributed by atoms with Crippen molar-refractivity contribution in [1.29, 1.82) is 0 Å². The summed E-state index contributed by atoms with van der Waals surface area (Å²) in [6.45, 7) is 1.33. The Hall–Kier alpha value is -3.98. The van der Waals surface area contributed by atoms with Gasteiger partial charge in [0, 0.05) is 24.7 Å². The van der Waals surface area contributed by atoms with Gasteiger partial charge >= 0.3 is 12.4 Å². The van der Waals surface area contributed by atoms with Gasteiger partial charge in [-0.2, -0.15) is 31.4 Å². The number of carbonyl (C=O) groups is 1. The third-order valence-corrected chi connectivity index (χ3v) is 7.00. The molecule has 1 amide bonds. The molecule has 2 aliphatic rings. The molecule has 1 atom stereocenters. The largest absolute Gasteiger partial charge is 0.416 e. The molecular weight excluding hydrogens is 541 g/mol. The van der Waals surface area contributed by atoms with Crippen LogP contribution in [0, 0.1) is 17.7 Å². The lowest BCUT2D eigenvalue weighted by molar-refractivity contribution is -0.143. The predicted molar refractivity (Wildman–Crippen MR) is 131 cm³/mol. The number of fused-ring (bicyclic) bond motifs is 1. The molecule has 5 nitrogen and oxygen atoms in total. The van der Waals surface area contributed by atoms with Gasteiger partial charge < -0.3 is 5.32 Å². The van der Waals surface area contributed by atoms with Crippen LogP contribution in [0.5, 0.6) is 0 Å². The number of carbonyl (C=O) groups excluding carboxylic acids is 1. The van der Waals surface area contributed by atoms with E-state index in [1.165, 1.54) is 12.1 Å². The van der Waals surface area contributed by atoms with Crippen molar-refractivity contribution in [1.82, 2.24) is 15.5 Å². The van der Waals surface area contributed by atoms with E-state index in [2.05, 4.69) is 27.4 Å². The minimum Gasteiger partial charge on any atom is -0.315 e. The lowest BCUT2D eigenvalue weighted by Crippen LogP contribution is -2.40. The van der Waals surface area contributed by atoms with Crippen LogP contribution in [0.3, 0.4) is 0 Å². The van der Waals surface area contributed by atoms with Gasteiger partial charge in [0.05, 0.1) is 29.3 Å². The summed E-state index contributed by atoms with van der Waals surface area (Å²) in [6.07, 6.45) is -10.3. The molecule has 0 bridgehead atoms. The third kappa shape index (κ3) is 5.65. The first-order valence-corrected chi connectivity index (χ1v) is 12.3. The van der Waals surface area contributed by atoms with Gasteiger partial charge in [-0.05, 0) is 72.4 Å². The molecule has 5 rings (SSSR count). The number of aryl methyl sites for hydroxylation is 1. The van der Waals surface area contributed by atoms with Crippen LogP contribution in [-0.2, 0) is 23.6 Å². The van der Waals surface area contributed by atoms with Gasteiger partial charge in [-0.15, -0.1) is 5.10 Å². The van der Waals surface area contributed by atoms with Gasteiger partial charge in [0.2, 0.25) is 5.91 Å². The second-order valence-electron chi connectivity index (χ2n) is 9.59. The second-order valence-corrected chi connectivity index (χ2v) is 9.59. The Labute approximate surface area is 224 Å². The number of hydrogen-bond donors (Lipinski definition) is 1. The zero-order chi connectivity index (χ0) is 28.7. The molecule has 40 heavy (non-hydrogen) atoms. The van der Waals surface area contributed by atoms with Crippen LogP contribution in [0.15, 0.2) is 48.5 Å². The molecule has 3 heterocycles. The highest BCUT2D eigenvalue weighted by atomic mass is 19.4. The van der Waals surface area contributed by atoms with Gasteiger partial charge in [0.25, 0.3) is 0 Å². The number of hydrogen-bond acceptors (Lipinski definition) is 4. The highest BCUT2D eigenvalue weighted by Crippen LogP contribution is 2.43. The van der Waals surface area contributed by atoms with Crippen molar-refractivity contribution in [3.05, 3.63) is 88.0 Å². The van der Waals surface area contributed by atoms with Crippen LogP contribution in [0.4, 0.5) is 36.4 Å². The van der Waals surface area contributed by atoms with E-state index in [1.807, 2.05) is 0 Å². The zero-order valence-electron chi connectivity index (χ0n) is 20.7. The summed E-state index contributed by atoms with van der Waals surface area (Å²) in [4.78, 5) is 14.8. The summed E-state index contributed by atoms with van der Waals surface area (Å²) in [5.74, 6) is 3.01.